The van der Waals surface area contributed by atoms with E-state index in [0.29, 0.717) is 17.9 Å². The summed E-state index contributed by atoms with van der Waals surface area (Å²) in [4.78, 5) is 11.2. The van der Waals surface area contributed by atoms with Crippen molar-refractivity contribution in [2.24, 2.45) is 7.05 Å². The third-order valence-corrected chi connectivity index (χ3v) is 1.75. The molecule has 0 amide bonds. The summed E-state index contributed by atoms with van der Waals surface area (Å²) in [5.74, 6) is -0.389. The molecule has 0 aliphatic rings. The number of methoxy groups -OCH3 is 2. The van der Waals surface area contributed by atoms with Gasteiger partial charge in [-0.3, -0.25) is 4.68 Å². The predicted molar refractivity (Wildman–Crippen MR) is 45.3 cm³/mol. The Hall–Kier alpha value is -1.36. The first-order valence-electron chi connectivity index (χ1n) is 3.78. The minimum Gasteiger partial charge on any atom is -0.465 e. The normalized spacial score (nSPS) is 10.1. The van der Waals surface area contributed by atoms with Crippen molar-refractivity contribution < 1.29 is 14.3 Å². The Morgan fingerprint density at radius 3 is 2.85 bits per heavy atom. The second-order valence-electron chi connectivity index (χ2n) is 2.55. The van der Waals surface area contributed by atoms with Crippen molar-refractivity contribution in [1.29, 1.82) is 0 Å². The summed E-state index contributed by atoms with van der Waals surface area (Å²) in [5.41, 5.74) is 1.17. The minimum atomic E-state index is -0.389. The van der Waals surface area contributed by atoms with Gasteiger partial charge in [0.1, 0.15) is 5.56 Å². The van der Waals surface area contributed by atoms with Crippen molar-refractivity contribution in [3.63, 3.8) is 0 Å². The molecule has 0 aliphatic carbocycles. The lowest BCUT2D eigenvalue weighted by Gasteiger charge is -2.02. The van der Waals surface area contributed by atoms with Gasteiger partial charge >= 0.3 is 5.97 Å². The van der Waals surface area contributed by atoms with Crippen molar-refractivity contribution >= 4 is 5.97 Å². The molecule has 0 bridgehead atoms. The van der Waals surface area contributed by atoms with E-state index < -0.39 is 0 Å². The van der Waals surface area contributed by atoms with Crippen LogP contribution in [0.4, 0.5) is 0 Å². The maximum absolute atomic E-state index is 11.2. The third kappa shape index (κ3) is 1.86. The fraction of sp³-hybridized carbons (Fsp3) is 0.500. The smallest absolute Gasteiger partial charge is 0.341 e. The molecule has 0 N–H and O–H groups in total. The lowest BCUT2D eigenvalue weighted by molar-refractivity contribution is 0.0595. The van der Waals surface area contributed by atoms with Crippen LogP contribution in [0.2, 0.25) is 0 Å². The maximum atomic E-state index is 11.2. The summed E-state index contributed by atoms with van der Waals surface area (Å²) in [6.07, 6.45) is 1.47. The van der Waals surface area contributed by atoms with Gasteiger partial charge in [0.25, 0.3) is 0 Å². The molecule has 0 fully saturated rings. The summed E-state index contributed by atoms with van der Waals surface area (Å²) in [6.45, 7) is 0.348. The lowest BCUT2D eigenvalue weighted by Crippen LogP contribution is -2.07. The van der Waals surface area contributed by atoms with Gasteiger partial charge in [-0.2, -0.15) is 5.10 Å². The molecule has 0 aliphatic heterocycles. The highest BCUT2D eigenvalue weighted by atomic mass is 16.5. The van der Waals surface area contributed by atoms with Crippen molar-refractivity contribution in [3.05, 3.63) is 17.5 Å². The van der Waals surface area contributed by atoms with E-state index in [-0.39, 0.29) is 5.97 Å². The van der Waals surface area contributed by atoms with Crippen LogP contribution in [0.25, 0.3) is 0 Å². The summed E-state index contributed by atoms with van der Waals surface area (Å²) in [5, 5.41) is 3.94. The topological polar surface area (TPSA) is 53.4 Å². The molecule has 1 heterocycles. The molecule has 0 radical (unpaired) electrons. The standard InChI is InChI=1S/C8H12N2O3/c1-10-7(5-12-2)6(4-9-10)8(11)13-3/h4H,5H2,1-3H3. The van der Waals surface area contributed by atoms with Gasteiger partial charge in [0.05, 0.1) is 25.6 Å². The zero-order chi connectivity index (χ0) is 9.84. The van der Waals surface area contributed by atoms with E-state index in [1.54, 1.807) is 18.8 Å². The first-order chi connectivity index (χ1) is 6.20. The predicted octanol–water partition coefficient (Wildman–Crippen LogP) is 0.353. The molecule has 13 heavy (non-hydrogen) atoms. The molecule has 0 saturated carbocycles. The fourth-order valence-corrected chi connectivity index (χ4v) is 1.05. The highest BCUT2D eigenvalue weighted by molar-refractivity contribution is 5.90. The quantitative estimate of drug-likeness (QED) is 0.636. The molecule has 5 heteroatoms. The average molecular weight is 184 g/mol. The number of carbonyl (C=O) groups excluding carboxylic acids is 1. The van der Waals surface area contributed by atoms with Gasteiger partial charge in [0, 0.05) is 14.2 Å². The maximum Gasteiger partial charge on any atom is 0.341 e. The van der Waals surface area contributed by atoms with Crippen LogP contribution in [-0.4, -0.2) is 30.0 Å². The van der Waals surface area contributed by atoms with E-state index in [9.17, 15) is 4.79 Å². The number of rotatable bonds is 3. The van der Waals surface area contributed by atoms with E-state index in [2.05, 4.69) is 9.84 Å². The zero-order valence-corrected chi connectivity index (χ0v) is 7.90. The lowest BCUT2D eigenvalue weighted by atomic mass is 10.2. The second kappa shape index (κ2) is 4.04. The highest BCUT2D eigenvalue weighted by Gasteiger charge is 2.15. The molecule has 72 valence electrons. The van der Waals surface area contributed by atoms with Crippen molar-refractivity contribution in [2.75, 3.05) is 14.2 Å². The number of nitrogens with zero attached hydrogens (tertiary/aromatic N) is 2. The Morgan fingerprint density at radius 1 is 1.62 bits per heavy atom. The number of hydrogen-bond donors (Lipinski definition) is 0. The average Bonchev–Trinajstić information content (AvgIpc) is 2.48. The molecule has 0 saturated heterocycles. The second-order valence-corrected chi connectivity index (χ2v) is 2.55. The highest BCUT2D eigenvalue weighted by Crippen LogP contribution is 2.09. The Kier molecular flexibility index (Phi) is 3.02. The van der Waals surface area contributed by atoms with Crippen LogP contribution < -0.4 is 0 Å². The molecule has 0 atom stereocenters. The van der Waals surface area contributed by atoms with Crippen molar-refractivity contribution in [2.45, 2.75) is 6.61 Å². The Morgan fingerprint density at radius 2 is 2.31 bits per heavy atom. The molecule has 0 unspecified atom stereocenters. The van der Waals surface area contributed by atoms with Gasteiger partial charge in [0.15, 0.2) is 0 Å². The zero-order valence-electron chi connectivity index (χ0n) is 7.90. The number of esters is 1. The minimum absolute atomic E-state index is 0.348. The van der Waals surface area contributed by atoms with Crippen LogP contribution in [-0.2, 0) is 23.1 Å². The van der Waals surface area contributed by atoms with E-state index in [0.717, 1.165) is 0 Å². The van der Waals surface area contributed by atoms with Gasteiger partial charge < -0.3 is 9.47 Å². The van der Waals surface area contributed by atoms with Crippen LogP contribution in [0.3, 0.4) is 0 Å². The SMILES string of the molecule is COCc1c(C(=O)OC)cnn1C. The molecule has 5 nitrogen and oxygen atoms in total. The van der Waals surface area contributed by atoms with Crippen LogP contribution in [0, 0.1) is 0 Å². The monoisotopic (exact) mass is 184 g/mol. The number of aryl methyl sites for hydroxylation is 1. The summed E-state index contributed by atoms with van der Waals surface area (Å²) < 4.78 is 11.1. The Labute approximate surface area is 76.3 Å². The van der Waals surface area contributed by atoms with E-state index in [4.69, 9.17) is 4.74 Å². The van der Waals surface area contributed by atoms with Gasteiger partial charge in [-0.05, 0) is 0 Å². The molecular formula is C8H12N2O3. The summed E-state index contributed by atoms with van der Waals surface area (Å²) >= 11 is 0. The summed E-state index contributed by atoms with van der Waals surface area (Å²) in [7, 11) is 4.65. The number of carbonyl (C=O) groups is 1. The van der Waals surface area contributed by atoms with Gasteiger partial charge in [0.2, 0.25) is 0 Å². The molecular weight excluding hydrogens is 172 g/mol. The Balaban J connectivity index is 2.99. The largest absolute Gasteiger partial charge is 0.465 e. The molecule has 0 aromatic carbocycles. The summed E-state index contributed by atoms with van der Waals surface area (Å²) in [6, 6.07) is 0. The molecule has 1 aromatic heterocycles. The number of hydrogen-bond acceptors (Lipinski definition) is 4. The van der Waals surface area contributed by atoms with E-state index in [1.807, 2.05) is 0 Å². The third-order valence-electron chi connectivity index (χ3n) is 1.75. The molecule has 1 rings (SSSR count). The van der Waals surface area contributed by atoms with E-state index in [1.165, 1.54) is 13.3 Å². The van der Waals surface area contributed by atoms with Gasteiger partial charge in [-0.1, -0.05) is 0 Å². The fourth-order valence-electron chi connectivity index (χ4n) is 1.05. The Bertz CT molecular complexity index is 306. The van der Waals surface area contributed by atoms with Crippen molar-refractivity contribution in [1.82, 2.24) is 9.78 Å². The molecule has 1 aromatic rings. The van der Waals surface area contributed by atoms with Crippen molar-refractivity contribution in [3.8, 4) is 0 Å². The van der Waals surface area contributed by atoms with Crippen LogP contribution in [0.5, 0.6) is 0 Å². The van der Waals surface area contributed by atoms with E-state index >= 15 is 0 Å². The van der Waals surface area contributed by atoms with Gasteiger partial charge in [-0.15, -0.1) is 0 Å². The first kappa shape index (κ1) is 9.73. The van der Waals surface area contributed by atoms with Crippen LogP contribution >= 0.6 is 0 Å². The van der Waals surface area contributed by atoms with Gasteiger partial charge in [-0.25, -0.2) is 4.79 Å². The van der Waals surface area contributed by atoms with Crippen LogP contribution in [0.1, 0.15) is 16.1 Å². The first-order valence-corrected chi connectivity index (χ1v) is 3.78. The number of aromatic nitrogens is 2. The molecule has 0 spiro atoms. The van der Waals surface area contributed by atoms with Crippen LogP contribution in [0.15, 0.2) is 6.20 Å². The number of ether oxygens (including phenoxy) is 2.